The number of rotatable bonds is 5. The standard InChI is InChI=1S/C12H19N3O2/c1-4-10(12(13)15-16)14-11-7-9(17-3)6-5-8(11)2/h5-7,10,14,16H,4H2,1-3H3,(H2,13,15). The average molecular weight is 237 g/mol. The van der Waals surface area contributed by atoms with Crippen LogP contribution in [0.2, 0.25) is 0 Å². The van der Waals surface area contributed by atoms with Gasteiger partial charge in [-0.15, -0.1) is 0 Å². The Morgan fingerprint density at radius 3 is 2.82 bits per heavy atom. The average Bonchev–Trinajstić information content (AvgIpc) is 2.36. The fourth-order valence-corrected chi connectivity index (χ4v) is 1.53. The Balaban J connectivity index is 2.92. The maximum absolute atomic E-state index is 8.68. The number of hydrogen-bond acceptors (Lipinski definition) is 4. The highest BCUT2D eigenvalue weighted by atomic mass is 16.5. The Morgan fingerprint density at radius 2 is 2.29 bits per heavy atom. The number of amidine groups is 1. The summed E-state index contributed by atoms with van der Waals surface area (Å²) in [5.74, 6) is 0.946. The minimum absolute atomic E-state index is 0.176. The van der Waals surface area contributed by atoms with Gasteiger partial charge in [0.1, 0.15) is 5.75 Å². The van der Waals surface area contributed by atoms with Crippen LogP contribution >= 0.6 is 0 Å². The third-order valence-electron chi connectivity index (χ3n) is 2.66. The zero-order valence-electron chi connectivity index (χ0n) is 10.4. The van der Waals surface area contributed by atoms with Gasteiger partial charge in [-0.05, 0) is 25.0 Å². The van der Waals surface area contributed by atoms with E-state index in [1.165, 1.54) is 0 Å². The number of nitrogens with zero attached hydrogens (tertiary/aromatic N) is 1. The lowest BCUT2D eigenvalue weighted by Crippen LogP contribution is -2.35. The highest BCUT2D eigenvalue weighted by molar-refractivity contribution is 5.88. The van der Waals surface area contributed by atoms with Gasteiger partial charge in [0.2, 0.25) is 0 Å². The fraction of sp³-hybridized carbons (Fsp3) is 0.417. The van der Waals surface area contributed by atoms with Crippen LogP contribution < -0.4 is 15.8 Å². The summed E-state index contributed by atoms with van der Waals surface area (Å²) in [6, 6.07) is 5.55. The summed E-state index contributed by atoms with van der Waals surface area (Å²) >= 11 is 0. The molecule has 0 saturated carbocycles. The van der Waals surface area contributed by atoms with Crippen molar-refractivity contribution < 1.29 is 9.94 Å². The van der Waals surface area contributed by atoms with Gasteiger partial charge in [0.25, 0.3) is 0 Å². The molecule has 1 unspecified atom stereocenters. The Bertz CT molecular complexity index is 405. The van der Waals surface area contributed by atoms with Crippen molar-refractivity contribution in [2.75, 3.05) is 12.4 Å². The molecule has 0 fully saturated rings. The molecule has 0 aliphatic carbocycles. The minimum atomic E-state index is -0.189. The van der Waals surface area contributed by atoms with Crippen molar-refractivity contribution in [1.82, 2.24) is 0 Å². The summed E-state index contributed by atoms with van der Waals surface area (Å²) in [6.07, 6.45) is 0.729. The Labute approximate surface area is 101 Å². The molecule has 94 valence electrons. The molecule has 0 spiro atoms. The second kappa shape index (κ2) is 5.98. The Hall–Kier alpha value is -1.91. The van der Waals surface area contributed by atoms with Crippen LogP contribution in [0.25, 0.3) is 0 Å². The normalized spacial score (nSPS) is 13.2. The molecule has 0 heterocycles. The first-order valence-electron chi connectivity index (χ1n) is 5.51. The van der Waals surface area contributed by atoms with Gasteiger partial charge in [0.15, 0.2) is 5.84 Å². The monoisotopic (exact) mass is 237 g/mol. The van der Waals surface area contributed by atoms with Gasteiger partial charge in [-0.25, -0.2) is 0 Å². The molecule has 1 aromatic carbocycles. The van der Waals surface area contributed by atoms with E-state index in [4.69, 9.17) is 15.7 Å². The maximum Gasteiger partial charge on any atom is 0.161 e. The van der Waals surface area contributed by atoms with Gasteiger partial charge in [0.05, 0.1) is 13.2 Å². The lowest BCUT2D eigenvalue weighted by molar-refractivity contribution is 0.316. The van der Waals surface area contributed by atoms with E-state index in [0.29, 0.717) is 0 Å². The molecule has 0 saturated heterocycles. The molecule has 0 aromatic heterocycles. The first-order valence-corrected chi connectivity index (χ1v) is 5.51. The molecular formula is C12H19N3O2. The molecule has 0 radical (unpaired) electrons. The quantitative estimate of drug-likeness (QED) is 0.316. The third-order valence-corrected chi connectivity index (χ3v) is 2.66. The molecule has 0 aliphatic heterocycles. The van der Waals surface area contributed by atoms with Gasteiger partial charge < -0.3 is 21.0 Å². The van der Waals surface area contributed by atoms with E-state index < -0.39 is 0 Å². The number of ether oxygens (including phenoxy) is 1. The summed E-state index contributed by atoms with van der Waals surface area (Å²) in [5, 5.41) is 14.9. The zero-order chi connectivity index (χ0) is 12.8. The number of methoxy groups -OCH3 is 1. The van der Waals surface area contributed by atoms with Crippen molar-refractivity contribution in [2.45, 2.75) is 26.3 Å². The number of nitrogens with one attached hydrogen (secondary N) is 1. The number of hydrogen-bond donors (Lipinski definition) is 3. The van der Waals surface area contributed by atoms with Gasteiger partial charge in [-0.3, -0.25) is 0 Å². The summed E-state index contributed by atoms with van der Waals surface area (Å²) in [5.41, 5.74) is 7.60. The van der Waals surface area contributed by atoms with Crippen LogP contribution in [0.1, 0.15) is 18.9 Å². The van der Waals surface area contributed by atoms with Crippen LogP contribution in [-0.4, -0.2) is 24.2 Å². The molecule has 0 aliphatic rings. The highest BCUT2D eigenvalue weighted by Crippen LogP contribution is 2.22. The largest absolute Gasteiger partial charge is 0.497 e. The van der Waals surface area contributed by atoms with Crippen LogP contribution in [0, 0.1) is 6.92 Å². The summed E-state index contributed by atoms with van der Waals surface area (Å²) < 4.78 is 5.16. The number of oxime groups is 1. The first-order chi connectivity index (χ1) is 8.12. The van der Waals surface area contributed by atoms with E-state index in [9.17, 15) is 0 Å². The predicted octanol–water partition coefficient (Wildman–Crippen LogP) is 1.94. The van der Waals surface area contributed by atoms with Gasteiger partial charge in [-0.2, -0.15) is 0 Å². The van der Waals surface area contributed by atoms with Crippen molar-refractivity contribution in [3.63, 3.8) is 0 Å². The highest BCUT2D eigenvalue weighted by Gasteiger charge is 2.12. The second-order valence-corrected chi connectivity index (χ2v) is 3.81. The van der Waals surface area contributed by atoms with Crippen LogP contribution in [0.15, 0.2) is 23.4 Å². The van der Waals surface area contributed by atoms with E-state index >= 15 is 0 Å². The van der Waals surface area contributed by atoms with Crippen molar-refractivity contribution in [1.29, 1.82) is 0 Å². The second-order valence-electron chi connectivity index (χ2n) is 3.81. The molecule has 17 heavy (non-hydrogen) atoms. The number of benzene rings is 1. The fourth-order valence-electron chi connectivity index (χ4n) is 1.53. The molecule has 1 atom stereocenters. The van der Waals surface area contributed by atoms with Crippen molar-refractivity contribution in [2.24, 2.45) is 10.9 Å². The van der Waals surface area contributed by atoms with Crippen molar-refractivity contribution >= 4 is 11.5 Å². The summed E-state index contributed by atoms with van der Waals surface area (Å²) in [7, 11) is 1.62. The van der Waals surface area contributed by atoms with Crippen LogP contribution in [0.4, 0.5) is 5.69 Å². The van der Waals surface area contributed by atoms with E-state index in [1.807, 2.05) is 32.0 Å². The van der Waals surface area contributed by atoms with Gasteiger partial charge >= 0.3 is 0 Å². The first kappa shape index (κ1) is 13.2. The number of anilines is 1. The van der Waals surface area contributed by atoms with E-state index in [0.717, 1.165) is 23.4 Å². The lowest BCUT2D eigenvalue weighted by atomic mass is 10.1. The summed E-state index contributed by atoms with van der Waals surface area (Å²) in [4.78, 5) is 0. The van der Waals surface area contributed by atoms with E-state index in [-0.39, 0.29) is 11.9 Å². The predicted molar refractivity (Wildman–Crippen MR) is 68.8 cm³/mol. The van der Waals surface area contributed by atoms with E-state index in [2.05, 4.69) is 10.5 Å². The van der Waals surface area contributed by atoms with Crippen molar-refractivity contribution in [3.05, 3.63) is 23.8 Å². The molecular weight excluding hydrogens is 218 g/mol. The maximum atomic E-state index is 8.68. The van der Waals surface area contributed by atoms with Crippen LogP contribution in [0.3, 0.4) is 0 Å². The molecule has 4 N–H and O–H groups in total. The molecule has 0 amide bonds. The Kier molecular flexibility index (Phi) is 4.63. The Morgan fingerprint density at radius 1 is 1.59 bits per heavy atom. The number of nitrogens with two attached hydrogens (primary N) is 1. The van der Waals surface area contributed by atoms with Crippen LogP contribution in [-0.2, 0) is 0 Å². The molecule has 5 heteroatoms. The summed E-state index contributed by atoms with van der Waals surface area (Å²) in [6.45, 7) is 3.95. The van der Waals surface area contributed by atoms with Crippen molar-refractivity contribution in [3.8, 4) is 5.75 Å². The lowest BCUT2D eigenvalue weighted by Gasteiger charge is -2.18. The molecule has 1 aromatic rings. The van der Waals surface area contributed by atoms with E-state index in [1.54, 1.807) is 7.11 Å². The topological polar surface area (TPSA) is 79.9 Å². The molecule has 0 bridgehead atoms. The van der Waals surface area contributed by atoms with Crippen LogP contribution in [0.5, 0.6) is 5.75 Å². The smallest absolute Gasteiger partial charge is 0.161 e. The van der Waals surface area contributed by atoms with Gasteiger partial charge in [-0.1, -0.05) is 18.1 Å². The van der Waals surface area contributed by atoms with Gasteiger partial charge in [0, 0.05) is 11.8 Å². The molecule has 5 nitrogen and oxygen atoms in total. The SMILES string of the molecule is CCC(Nc1cc(OC)ccc1C)/C(N)=N/O. The third kappa shape index (κ3) is 3.27. The molecule has 1 rings (SSSR count). The minimum Gasteiger partial charge on any atom is -0.497 e. The zero-order valence-corrected chi connectivity index (χ0v) is 10.4. The number of aryl methyl sites for hydroxylation is 1.